The van der Waals surface area contributed by atoms with Gasteiger partial charge in [0.2, 0.25) is 0 Å². The number of hydrogen-bond acceptors (Lipinski definition) is 0. The van der Waals surface area contributed by atoms with E-state index in [1.54, 1.807) is 0 Å². The van der Waals surface area contributed by atoms with Gasteiger partial charge in [-0.1, -0.05) is 109 Å². The van der Waals surface area contributed by atoms with Gasteiger partial charge in [-0.25, -0.2) is 0 Å². The first-order chi connectivity index (χ1) is 19.0. The Balaban J connectivity index is 1.39. The summed E-state index contributed by atoms with van der Waals surface area (Å²) < 4.78 is 3.56. The van der Waals surface area contributed by atoms with Crippen molar-refractivity contribution in [3.63, 3.8) is 0 Å². The SMILES string of the molecule is CC1(C)c2cc(Br)ccc2-c2ccc(-c3ccc4c5c6ccccc6ccc5n(-c5ccccc5)c4c3)cc21. The number of hydrogen-bond donors (Lipinski definition) is 0. The summed E-state index contributed by atoms with van der Waals surface area (Å²) in [5.74, 6) is 0. The van der Waals surface area contributed by atoms with Crippen molar-refractivity contribution in [1.29, 1.82) is 0 Å². The van der Waals surface area contributed by atoms with Gasteiger partial charge in [-0.3, -0.25) is 0 Å². The molecular weight excluding hydrogens is 538 g/mol. The van der Waals surface area contributed by atoms with Crippen LogP contribution in [0.3, 0.4) is 0 Å². The van der Waals surface area contributed by atoms with E-state index in [1.807, 2.05) is 0 Å². The fraction of sp³-hybridized carbons (Fsp3) is 0.0811. The smallest absolute Gasteiger partial charge is 0.0547 e. The van der Waals surface area contributed by atoms with Gasteiger partial charge >= 0.3 is 0 Å². The summed E-state index contributed by atoms with van der Waals surface area (Å²) in [4.78, 5) is 0. The lowest BCUT2D eigenvalue weighted by atomic mass is 9.81. The second-order valence-corrected chi connectivity index (χ2v) is 12.1. The number of halogens is 1. The molecular formula is C37H26BrN. The van der Waals surface area contributed by atoms with E-state index < -0.39 is 0 Å². The summed E-state index contributed by atoms with van der Waals surface area (Å²) >= 11 is 3.69. The molecule has 0 amide bonds. The van der Waals surface area contributed by atoms with Crippen LogP contribution >= 0.6 is 15.9 Å². The van der Waals surface area contributed by atoms with Gasteiger partial charge in [0.25, 0.3) is 0 Å². The summed E-state index contributed by atoms with van der Waals surface area (Å²) in [6, 6.07) is 44.7. The van der Waals surface area contributed by atoms with Crippen LogP contribution in [0, 0.1) is 0 Å². The molecule has 0 saturated carbocycles. The van der Waals surface area contributed by atoms with Crippen LogP contribution in [-0.2, 0) is 5.41 Å². The zero-order valence-electron chi connectivity index (χ0n) is 21.9. The Labute approximate surface area is 236 Å². The summed E-state index contributed by atoms with van der Waals surface area (Å²) in [5.41, 5.74) is 11.6. The third-order valence-electron chi connectivity index (χ3n) is 8.64. The van der Waals surface area contributed by atoms with Crippen LogP contribution in [0.2, 0.25) is 0 Å². The van der Waals surface area contributed by atoms with E-state index in [0.29, 0.717) is 0 Å². The van der Waals surface area contributed by atoms with Crippen LogP contribution in [0.15, 0.2) is 126 Å². The van der Waals surface area contributed by atoms with E-state index in [4.69, 9.17) is 0 Å². The predicted octanol–water partition coefficient (Wildman–Crippen LogP) is 10.7. The van der Waals surface area contributed by atoms with Crippen molar-refractivity contribution in [2.75, 3.05) is 0 Å². The highest BCUT2D eigenvalue weighted by Gasteiger charge is 2.35. The Morgan fingerprint density at radius 3 is 2.10 bits per heavy atom. The molecule has 2 heteroatoms. The molecule has 8 rings (SSSR count). The molecule has 0 radical (unpaired) electrons. The molecule has 0 fully saturated rings. The van der Waals surface area contributed by atoms with Gasteiger partial charge < -0.3 is 4.57 Å². The molecule has 1 aliphatic carbocycles. The Bertz CT molecular complexity index is 2100. The average Bonchev–Trinajstić information content (AvgIpc) is 3.42. The maximum absolute atomic E-state index is 3.69. The summed E-state index contributed by atoms with van der Waals surface area (Å²) in [5, 5.41) is 5.17. The molecule has 1 heterocycles. The Hall–Kier alpha value is -4.14. The molecule has 1 nitrogen and oxygen atoms in total. The minimum absolute atomic E-state index is 0.0492. The molecule has 1 aromatic heterocycles. The van der Waals surface area contributed by atoms with Crippen LogP contribution in [0.25, 0.3) is 60.5 Å². The molecule has 0 saturated heterocycles. The molecule has 0 bridgehead atoms. The third-order valence-corrected chi connectivity index (χ3v) is 9.13. The lowest BCUT2D eigenvalue weighted by Crippen LogP contribution is -2.15. The fourth-order valence-corrected chi connectivity index (χ4v) is 7.07. The van der Waals surface area contributed by atoms with Crippen molar-refractivity contribution in [1.82, 2.24) is 4.57 Å². The topological polar surface area (TPSA) is 4.93 Å². The second kappa shape index (κ2) is 8.18. The quantitative estimate of drug-likeness (QED) is 0.197. The molecule has 0 spiro atoms. The first-order valence-corrected chi connectivity index (χ1v) is 14.3. The minimum atomic E-state index is -0.0492. The first kappa shape index (κ1) is 22.8. The average molecular weight is 565 g/mol. The van der Waals surface area contributed by atoms with Gasteiger partial charge in [0.15, 0.2) is 0 Å². The zero-order valence-corrected chi connectivity index (χ0v) is 23.5. The number of nitrogens with zero attached hydrogens (tertiary/aromatic N) is 1. The number of rotatable bonds is 2. The molecule has 1 aliphatic rings. The standard InChI is InChI=1S/C37H26BrN/c1-37(2)32-20-24(12-16-29(32)30-18-15-26(38)22-33(30)37)25-13-17-31-35(21-25)39(27-9-4-3-5-10-27)34-19-14-23-8-6-7-11-28(23)36(31)34/h3-22H,1-2H3. The first-order valence-electron chi connectivity index (χ1n) is 13.5. The zero-order chi connectivity index (χ0) is 26.3. The molecule has 7 aromatic rings. The van der Waals surface area contributed by atoms with Crippen LogP contribution in [-0.4, -0.2) is 4.57 Å². The van der Waals surface area contributed by atoms with E-state index in [9.17, 15) is 0 Å². The minimum Gasteiger partial charge on any atom is -0.309 e. The Morgan fingerprint density at radius 1 is 0.564 bits per heavy atom. The predicted molar refractivity (Wildman–Crippen MR) is 169 cm³/mol. The summed E-state index contributed by atoms with van der Waals surface area (Å²) in [7, 11) is 0. The van der Waals surface area contributed by atoms with Gasteiger partial charge in [-0.2, -0.15) is 0 Å². The normalized spacial score (nSPS) is 13.7. The number of para-hydroxylation sites is 1. The van der Waals surface area contributed by atoms with Gasteiger partial charge in [0, 0.05) is 26.3 Å². The number of aromatic nitrogens is 1. The van der Waals surface area contributed by atoms with E-state index in [-0.39, 0.29) is 5.41 Å². The maximum Gasteiger partial charge on any atom is 0.0547 e. The molecule has 39 heavy (non-hydrogen) atoms. The fourth-order valence-electron chi connectivity index (χ4n) is 6.71. The van der Waals surface area contributed by atoms with E-state index >= 15 is 0 Å². The van der Waals surface area contributed by atoms with Crippen molar-refractivity contribution in [3.8, 4) is 27.9 Å². The van der Waals surface area contributed by atoms with Gasteiger partial charge in [0.1, 0.15) is 0 Å². The molecule has 6 aromatic carbocycles. The van der Waals surface area contributed by atoms with E-state index in [2.05, 4.69) is 156 Å². The van der Waals surface area contributed by atoms with Crippen molar-refractivity contribution in [2.24, 2.45) is 0 Å². The highest BCUT2D eigenvalue weighted by Crippen LogP contribution is 2.50. The van der Waals surface area contributed by atoms with Gasteiger partial charge in [0.05, 0.1) is 11.0 Å². The van der Waals surface area contributed by atoms with E-state index in [1.165, 1.54) is 71.6 Å². The lowest BCUT2D eigenvalue weighted by molar-refractivity contribution is 0.660. The van der Waals surface area contributed by atoms with Crippen LogP contribution in [0.1, 0.15) is 25.0 Å². The summed E-state index contributed by atoms with van der Waals surface area (Å²) in [6.07, 6.45) is 0. The van der Waals surface area contributed by atoms with Crippen LogP contribution in [0.5, 0.6) is 0 Å². The highest BCUT2D eigenvalue weighted by atomic mass is 79.9. The van der Waals surface area contributed by atoms with Gasteiger partial charge in [-0.05, 0) is 86.6 Å². The second-order valence-electron chi connectivity index (χ2n) is 11.2. The molecule has 0 unspecified atom stereocenters. The number of benzene rings is 6. The molecule has 0 aliphatic heterocycles. The Kier molecular flexibility index (Phi) is 4.78. The van der Waals surface area contributed by atoms with Crippen molar-refractivity contribution in [3.05, 3.63) is 137 Å². The van der Waals surface area contributed by atoms with Crippen molar-refractivity contribution < 1.29 is 0 Å². The monoisotopic (exact) mass is 563 g/mol. The lowest BCUT2D eigenvalue weighted by Gasteiger charge is -2.22. The van der Waals surface area contributed by atoms with Crippen LogP contribution in [0.4, 0.5) is 0 Å². The third kappa shape index (κ3) is 3.25. The van der Waals surface area contributed by atoms with E-state index in [0.717, 1.165) is 4.47 Å². The molecule has 0 atom stereocenters. The van der Waals surface area contributed by atoms with Crippen LogP contribution < -0.4 is 0 Å². The van der Waals surface area contributed by atoms with Gasteiger partial charge in [-0.15, -0.1) is 0 Å². The Morgan fingerprint density at radius 2 is 1.26 bits per heavy atom. The molecule has 0 N–H and O–H groups in total. The largest absolute Gasteiger partial charge is 0.309 e. The van der Waals surface area contributed by atoms with Crippen molar-refractivity contribution in [2.45, 2.75) is 19.3 Å². The van der Waals surface area contributed by atoms with Crippen molar-refractivity contribution >= 4 is 48.5 Å². The molecule has 186 valence electrons. The number of fused-ring (bicyclic) bond motifs is 8. The highest BCUT2D eigenvalue weighted by molar-refractivity contribution is 9.10. The summed E-state index contributed by atoms with van der Waals surface area (Å²) in [6.45, 7) is 4.69. The maximum atomic E-state index is 3.69.